The molecule has 2 aromatic rings. The normalized spacial score (nSPS) is 20.4. The van der Waals surface area contributed by atoms with Gasteiger partial charge in [-0.15, -0.1) is 0 Å². The number of carboxylic acids is 2. The summed E-state index contributed by atoms with van der Waals surface area (Å²) in [4.78, 5) is 62.3. The summed E-state index contributed by atoms with van der Waals surface area (Å²) in [6.07, 6.45) is -0.126. The SMILES string of the molecule is C[C@@H]1CCN(C(=O)CC(N)OC(=O)CC(O)(CC(=O)O)C(=O)O)C[C@@H]1N(C)c1ncnc2[nH]ccc12. The molecule has 0 aromatic carbocycles. The first-order valence-electron chi connectivity index (χ1n) is 11.3. The van der Waals surface area contributed by atoms with Gasteiger partial charge in [0.25, 0.3) is 0 Å². The predicted molar refractivity (Wildman–Crippen MR) is 125 cm³/mol. The molecule has 3 rings (SSSR count). The van der Waals surface area contributed by atoms with Crippen molar-refractivity contribution in [3.63, 3.8) is 0 Å². The maximum atomic E-state index is 12.9. The second-order valence-electron chi connectivity index (χ2n) is 9.04. The Morgan fingerprint density at radius 1 is 1.31 bits per heavy atom. The van der Waals surface area contributed by atoms with E-state index in [0.29, 0.717) is 18.7 Å². The Kier molecular flexibility index (Phi) is 8.10. The number of carbonyl (C=O) groups is 4. The fourth-order valence-corrected chi connectivity index (χ4v) is 4.33. The monoisotopic (exact) mass is 506 g/mol. The molecule has 6 N–H and O–H groups in total. The van der Waals surface area contributed by atoms with E-state index in [2.05, 4.69) is 21.9 Å². The fraction of sp³-hybridized carbons (Fsp3) is 0.545. The zero-order valence-electron chi connectivity index (χ0n) is 20.0. The molecule has 1 fully saturated rings. The predicted octanol–water partition coefficient (Wildman–Crippen LogP) is -0.470. The van der Waals surface area contributed by atoms with Gasteiger partial charge in [0.05, 0.1) is 30.7 Å². The third kappa shape index (κ3) is 6.07. The van der Waals surface area contributed by atoms with Gasteiger partial charge in [0.2, 0.25) is 5.91 Å². The van der Waals surface area contributed by atoms with Crippen LogP contribution in [0.25, 0.3) is 11.0 Å². The Labute approximate surface area is 206 Å². The first-order valence-corrected chi connectivity index (χ1v) is 11.3. The van der Waals surface area contributed by atoms with E-state index >= 15 is 0 Å². The number of nitrogens with two attached hydrogens (primary N) is 1. The van der Waals surface area contributed by atoms with Crippen LogP contribution in [0, 0.1) is 5.92 Å². The van der Waals surface area contributed by atoms with Gasteiger partial charge >= 0.3 is 17.9 Å². The highest BCUT2D eigenvalue weighted by atomic mass is 16.6. The van der Waals surface area contributed by atoms with E-state index in [-0.39, 0.29) is 24.3 Å². The quantitative estimate of drug-likeness (QED) is 0.204. The Morgan fingerprint density at radius 3 is 2.69 bits per heavy atom. The van der Waals surface area contributed by atoms with Gasteiger partial charge in [-0.25, -0.2) is 14.8 Å². The number of likely N-dealkylation sites (tertiary alicyclic amines) is 1. The van der Waals surface area contributed by atoms with Crippen LogP contribution in [0.4, 0.5) is 5.82 Å². The van der Waals surface area contributed by atoms with Crippen LogP contribution in [0.15, 0.2) is 18.6 Å². The van der Waals surface area contributed by atoms with Crippen molar-refractivity contribution in [3.05, 3.63) is 18.6 Å². The van der Waals surface area contributed by atoms with Crippen LogP contribution in [-0.4, -0.2) is 97.0 Å². The number of aliphatic carboxylic acids is 2. The third-order valence-electron chi connectivity index (χ3n) is 6.37. The third-order valence-corrected chi connectivity index (χ3v) is 6.37. The molecular formula is C22H30N6O8. The number of hydrogen-bond donors (Lipinski definition) is 5. The number of nitrogens with zero attached hydrogens (tertiary/aromatic N) is 4. The average Bonchev–Trinajstić information content (AvgIpc) is 3.27. The number of piperidine rings is 1. The van der Waals surface area contributed by atoms with Crippen molar-refractivity contribution in [3.8, 4) is 0 Å². The van der Waals surface area contributed by atoms with E-state index in [1.54, 1.807) is 11.1 Å². The molecule has 2 unspecified atom stereocenters. The average molecular weight is 507 g/mol. The van der Waals surface area contributed by atoms with Gasteiger partial charge < -0.3 is 34.8 Å². The van der Waals surface area contributed by atoms with E-state index in [4.69, 9.17) is 20.7 Å². The number of nitrogens with one attached hydrogen (secondary N) is 1. The summed E-state index contributed by atoms with van der Waals surface area (Å²) in [5.41, 5.74) is 3.63. The standard InChI is InChI=1S/C22H30N6O8/c1-12-4-6-28(10-14(12)27(2)20-13-3-5-24-19(13)25-11-26-20)16(29)7-15(23)36-18(32)9-22(35,21(33)34)8-17(30)31/h3,5,11-12,14-15,35H,4,6-10,23H2,1-2H3,(H,30,31)(H,33,34)(H,24,25,26)/t12-,14+,15?,22?/m1/s1. The molecule has 1 aliphatic heterocycles. The van der Waals surface area contributed by atoms with E-state index in [0.717, 1.165) is 17.6 Å². The molecule has 0 aliphatic carbocycles. The number of hydrogen-bond acceptors (Lipinski definition) is 10. The molecule has 0 spiro atoms. The van der Waals surface area contributed by atoms with Gasteiger partial charge in [-0.3, -0.25) is 20.1 Å². The summed E-state index contributed by atoms with van der Waals surface area (Å²) in [5, 5.41) is 28.7. The molecule has 0 bridgehead atoms. The minimum atomic E-state index is -2.85. The maximum Gasteiger partial charge on any atom is 0.336 e. The first-order chi connectivity index (χ1) is 16.9. The topological polar surface area (TPSA) is 212 Å². The lowest BCUT2D eigenvalue weighted by Gasteiger charge is -2.42. The number of H-pyrrole nitrogens is 1. The minimum absolute atomic E-state index is 0.0592. The molecule has 0 saturated carbocycles. The van der Waals surface area contributed by atoms with E-state index in [1.807, 2.05) is 18.0 Å². The van der Waals surface area contributed by atoms with E-state index < -0.39 is 42.6 Å². The lowest BCUT2D eigenvalue weighted by Crippen LogP contribution is -2.53. The van der Waals surface area contributed by atoms with Gasteiger partial charge in [0.15, 0.2) is 11.8 Å². The summed E-state index contributed by atoms with van der Waals surface area (Å²) in [6, 6.07) is 1.82. The van der Waals surface area contributed by atoms with Crippen LogP contribution in [0.2, 0.25) is 0 Å². The van der Waals surface area contributed by atoms with Crippen molar-refractivity contribution in [2.24, 2.45) is 11.7 Å². The number of amides is 1. The Hall–Kier alpha value is -3.78. The molecule has 36 heavy (non-hydrogen) atoms. The highest BCUT2D eigenvalue weighted by Crippen LogP contribution is 2.29. The lowest BCUT2D eigenvalue weighted by molar-refractivity contribution is -0.173. The van der Waals surface area contributed by atoms with Crippen LogP contribution < -0.4 is 10.6 Å². The van der Waals surface area contributed by atoms with E-state index in [9.17, 15) is 24.3 Å². The van der Waals surface area contributed by atoms with Crippen LogP contribution in [0.5, 0.6) is 0 Å². The number of anilines is 1. The largest absolute Gasteiger partial charge is 0.481 e. The van der Waals surface area contributed by atoms with Gasteiger partial charge in [0.1, 0.15) is 17.8 Å². The van der Waals surface area contributed by atoms with Crippen molar-refractivity contribution < 1.29 is 39.2 Å². The zero-order valence-corrected chi connectivity index (χ0v) is 20.0. The molecule has 4 atom stereocenters. The lowest BCUT2D eigenvalue weighted by atomic mass is 9.92. The smallest absolute Gasteiger partial charge is 0.336 e. The van der Waals surface area contributed by atoms with Crippen molar-refractivity contribution in [2.75, 3.05) is 25.0 Å². The maximum absolute atomic E-state index is 12.9. The van der Waals surface area contributed by atoms with Crippen LogP contribution in [0.1, 0.15) is 32.6 Å². The Balaban J connectivity index is 1.60. The molecule has 14 nitrogen and oxygen atoms in total. The number of carbonyl (C=O) groups excluding carboxylic acids is 2. The number of aromatic nitrogens is 3. The fourth-order valence-electron chi connectivity index (χ4n) is 4.33. The van der Waals surface area contributed by atoms with Crippen molar-refractivity contribution in [1.29, 1.82) is 0 Å². The molecule has 14 heteroatoms. The van der Waals surface area contributed by atoms with Crippen LogP contribution >= 0.6 is 0 Å². The number of aromatic amines is 1. The second-order valence-corrected chi connectivity index (χ2v) is 9.04. The van der Waals surface area contributed by atoms with Gasteiger partial charge in [0, 0.05) is 26.3 Å². The highest BCUT2D eigenvalue weighted by molar-refractivity contribution is 5.89. The molecule has 1 aliphatic rings. The molecule has 196 valence electrons. The summed E-state index contributed by atoms with van der Waals surface area (Å²) in [5.74, 6) is -4.11. The molecular weight excluding hydrogens is 476 g/mol. The summed E-state index contributed by atoms with van der Waals surface area (Å²) < 4.78 is 4.89. The molecule has 2 aromatic heterocycles. The molecule has 3 heterocycles. The van der Waals surface area contributed by atoms with Crippen LogP contribution in [0.3, 0.4) is 0 Å². The molecule has 0 radical (unpaired) electrons. The number of fused-ring (bicyclic) bond motifs is 1. The van der Waals surface area contributed by atoms with Gasteiger partial charge in [-0.1, -0.05) is 6.92 Å². The number of rotatable bonds is 10. The van der Waals surface area contributed by atoms with Crippen molar-refractivity contribution in [2.45, 2.75) is 50.5 Å². The van der Waals surface area contributed by atoms with Crippen molar-refractivity contribution in [1.82, 2.24) is 19.9 Å². The summed E-state index contributed by atoms with van der Waals surface area (Å²) >= 11 is 0. The highest BCUT2D eigenvalue weighted by Gasteiger charge is 2.42. The van der Waals surface area contributed by atoms with Gasteiger partial charge in [-0.05, 0) is 18.4 Å². The number of aliphatic hydroxyl groups is 1. The minimum Gasteiger partial charge on any atom is -0.481 e. The zero-order chi connectivity index (χ0) is 26.6. The van der Waals surface area contributed by atoms with E-state index in [1.165, 1.54) is 6.33 Å². The van der Waals surface area contributed by atoms with Crippen molar-refractivity contribution >= 4 is 40.7 Å². The second kappa shape index (κ2) is 10.9. The number of carboxylic acid groups (broad SMARTS) is 2. The molecule has 1 amide bonds. The van der Waals surface area contributed by atoms with Gasteiger partial charge in [-0.2, -0.15) is 0 Å². The Morgan fingerprint density at radius 2 is 2.03 bits per heavy atom. The molecule has 1 saturated heterocycles. The number of esters is 1. The Bertz CT molecular complexity index is 1140. The van der Waals surface area contributed by atoms with Crippen LogP contribution in [-0.2, 0) is 23.9 Å². The first kappa shape index (κ1) is 26.8. The number of likely N-dealkylation sites (N-methyl/N-ethyl adjacent to an activating group) is 1. The summed E-state index contributed by atoms with van der Waals surface area (Å²) in [7, 11) is 1.90. The summed E-state index contributed by atoms with van der Waals surface area (Å²) in [6.45, 7) is 2.95. The number of ether oxygens (including phenoxy) is 1.